The van der Waals surface area contributed by atoms with Crippen LogP contribution in [-0.4, -0.2) is 35.0 Å². The summed E-state index contributed by atoms with van der Waals surface area (Å²) in [5.41, 5.74) is 0. The molecule has 1 aliphatic heterocycles. The van der Waals surface area contributed by atoms with Gasteiger partial charge in [-0.25, -0.2) is 0 Å². The van der Waals surface area contributed by atoms with E-state index < -0.39 is 0 Å². The predicted molar refractivity (Wildman–Crippen MR) is 53.5 cm³/mol. The molecule has 1 saturated heterocycles. The maximum absolute atomic E-state index is 11.4. The van der Waals surface area contributed by atoms with E-state index in [0.717, 1.165) is 0 Å². The van der Waals surface area contributed by atoms with Gasteiger partial charge < -0.3 is 10.2 Å². The van der Waals surface area contributed by atoms with Gasteiger partial charge >= 0.3 is 0 Å². The molecule has 0 spiro atoms. The van der Waals surface area contributed by atoms with Gasteiger partial charge in [0.15, 0.2) is 0 Å². The molecule has 4 atom stereocenters. The van der Waals surface area contributed by atoms with E-state index in [-0.39, 0.29) is 5.91 Å². The van der Waals surface area contributed by atoms with Gasteiger partial charge in [0.25, 0.3) is 0 Å². The van der Waals surface area contributed by atoms with Gasteiger partial charge in [-0.1, -0.05) is 0 Å². The first-order valence-corrected chi connectivity index (χ1v) is 5.00. The molecule has 0 aromatic heterocycles. The van der Waals surface area contributed by atoms with Gasteiger partial charge in [0.05, 0.1) is 0 Å². The Morgan fingerprint density at radius 3 is 1.77 bits per heavy atom. The third kappa shape index (κ3) is 1.85. The van der Waals surface area contributed by atoms with Crippen molar-refractivity contribution in [1.82, 2.24) is 10.2 Å². The van der Waals surface area contributed by atoms with E-state index in [1.165, 1.54) is 0 Å². The molecule has 1 amide bonds. The van der Waals surface area contributed by atoms with Crippen molar-refractivity contribution in [3.05, 3.63) is 0 Å². The molecule has 1 fully saturated rings. The number of nitrogens with zero attached hydrogens (tertiary/aromatic N) is 1. The number of piperazine rings is 1. The van der Waals surface area contributed by atoms with E-state index in [4.69, 9.17) is 0 Å². The van der Waals surface area contributed by atoms with Gasteiger partial charge in [-0.2, -0.15) is 0 Å². The molecule has 0 unspecified atom stereocenters. The third-order valence-corrected chi connectivity index (χ3v) is 3.21. The number of rotatable bonds is 0. The molecular weight excluding hydrogens is 164 g/mol. The summed E-state index contributed by atoms with van der Waals surface area (Å²) in [6, 6.07) is 1.36. The smallest absolute Gasteiger partial charge is 0.220 e. The molecule has 0 saturated carbocycles. The third-order valence-electron chi connectivity index (χ3n) is 3.21. The number of carbonyl (C=O) groups is 1. The Kier molecular flexibility index (Phi) is 2.96. The second kappa shape index (κ2) is 3.66. The van der Waals surface area contributed by atoms with Crippen LogP contribution in [0.3, 0.4) is 0 Å². The van der Waals surface area contributed by atoms with Crippen LogP contribution in [0.15, 0.2) is 0 Å². The molecule has 76 valence electrons. The highest BCUT2D eigenvalue weighted by Crippen LogP contribution is 2.18. The maximum Gasteiger partial charge on any atom is 0.220 e. The van der Waals surface area contributed by atoms with Crippen molar-refractivity contribution in [1.29, 1.82) is 0 Å². The van der Waals surface area contributed by atoms with Gasteiger partial charge in [0.1, 0.15) is 0 Å². The Morgan fingerprint density at radius 1 is 1.08 bits per heavy atom. The fourth-order valence-corrected chi connectivity index (χ4v) is 2.12. The summed E-state index contributed by atoms with van der Waals surface area (Å²) in [4.78, 5) is 13.4. The van der Waals surface area contributed by atoms with E-state index >= 15 is 0 Å². The largest absolute Gasteiger partial charge is 0.334 e. The van der Waals surface area contributed by atoms with Crippen LogP contribution in [0.1, 0.15) is 34.6 Å². The average molecular weight is 184 g/mol. The number of carbonyl (C=O) groups excluding carboxylic acids is 1. The van der Waals surface area contributed by atoms with Gasteiger partial charge in [0.2, 0.25) is 5.91 Å². The van der Waals surface area contributed by atoms with Crippen molar-refractivity contribution < 1.29 is 4.79 Å². The standard InChI is InChI=1S/C10H20N2O/c1-6-8(3)12(10(5)13)9(4)7(2)11-6/h6-9,11H,1-5H3/t6-,7-,8-,9+/m0/s1. The highest BCUT2D eigenvalue weighted by atomic mass is 16.2. The fraction of sp³-hybridized carbons (Fsp3) is 0.900. The van der Waals surface area contributed by atoms with Gasteiger partial charge in [0, 0.05) is 31.1 Å². The molecule has 3 heteroatoms. The van der Waals surface area contributed by atoms with Gasteiger partial charge in [-0.15, -0.1) is 0 Å². The first-order valence-electron chi connectivity index (χ1n) is 5.00. The number of amides is 1. The van der Waals surface area contributed by atoms with Crippen LogP contribution in [0.4, 0.5) is 0 Å². The van der Waals surface area contributed by atoms with Crippen molar-refractivity contribution in [2.75, 3.05) is 0 Å². The summed E-state index contributed by atoms with van der Waals surface area (Å²) in [5.74, 6) is 0.181. The van der Waals surface area contributed by atoms with E-state index in [9.17, 15) is 4.79 Å². The second-order valence-electron chi connectivity index (χ2n) is 4.15. The minimum atomic E-state index is 0.181. The van der Waals surface area contributed by atoms with E-state index in [1.807, 2.05) is 4.90 Å². The summed E-state index contributed by atoms with van der Waals surface area (Å²) in [5, 5.41) is 3.47. The lowest BCUT2D eigenvalue weighted by molar-refractivity contribution is -0.136. The zero-order valence-corrected chi connectivity index (χ0v) is 9.16. The zero-order valence-electron chi connectivity index (χ0n) is 9.16. The first kappa shape index (κ1) is 10.5. The SMILES string of the molecule is CC(=O)N1[C@H](C)[C@H](C)N[C@@H](C)[C@@H]1C. The molecule has 0 aromatic rings. The lowest BCUT2D eigenvalue weighted by Gasteiger charge is -2.46. The Morgan fingerprint density at radius 2 is 1.46 bits per heavy atom. The quantitative estimate of drug-likeness (QED) is 0.609. The summed E-state index contributed by atoms with van der Waals surface area (Å²) >= 11 is 0. The Balaban J connectivity index is 2.82. The van der Waals surface area contributed by atoms with Crippen LogP contribution < -0.4 is 5.32 Å². The van der Waals surface area contributed by atoms with E-state index in [2.05, 4.69) is 33.0 Å². The summed E-state index contributed by atoms with van der Waals surface area (Å²) in [6.45, 7) is 10.1. The van der Waals surface area contributed by atoms with E-state index in [0.29, 0.717) is 24.2 Å². The molecule has 0 bridgehead atoms. The Hall–Kier alpha value is -0.570. The monoisotopic (exact) mass is 184 g/mol. The molecule has 1 rings (SSSR count). The number of hydrogen-bond donors (Lipinski definition) is 1. The van der Waals surface area contributed by atoms with Crippen molar-refractivity contribution in [2.24, 2.45) is 0 Å². The second-order valence-corrected chi connectivity index (χ2v) is 4.15. The minimum absolute atomic E-state index is 0.181. The zero-order chi connectivity index (χ0) is 10.2. The average Bonchev–Trinajstić information content (AvgIpc) is 2.01. The molecule has 0 radical (unpaired) electrons. The Bertz CT molecular complexity index is 191. The highest BCUT2D eigenvalue weighted by molar-refractivity contribution is 5.74. The van der Waals surface area contributed by atoms with Crippen LogP contribution in [0, 0.1) is 0 Å². The van der Waals surface area contributed by atoms with Crippen LogP contribution >= 0.6 is 0 Å². The maximum atomic E-state index is 11.4. The van der Waals surface area contributed by atoms with Crippen molar-refractivity contribution in [2.45, 2.75) is 58.8 Å². The molecule has 1 heterocycles. The van der Waals surface area contributed by atoms with Crippen LogP contribution in [0.5, 0.6) is 0 Å². The molecule has 0 aromatic carbocycles. The van der Waals surface area contributed by atoms with Crippen molar-refractivity contribution in [3.63, 3.8) is 0 Å². The highest BCUT2D eigenvalue weighted by Gasteiger charge is 2.35. The van der Waals surface area contributed by atoms with Crippen LogP contribution in [0.2, 0.25) is 0 Å². The molecule has 3 nitrogen and oxygen atoms in total. The molecule has 0 aliphatic carbocycles. The summed E-state index contributed by atoms with van der Waals surface area (Å²) in [6.07, 6.45) is 0. The minimum Gasteiger partial charge on any atom is -0.334 e. The number of hydrogen-bond acceptors (Lipinski definition) is 2. The van der Waals surface area contributed by atoms with Crippen molar-refractivity contribution >= 4 is 5.91 Å². The van der Waals surface area contributed by atoms with Gasteiger partial charge in [-0.3, -0.25) is 4.79 Å². The number of nitrogens with one attached hydrogen (secondary N) is 1. The first-order chi connectivity index (χ1) is 5.95. The lowest BCUT2D eigenvalue weighted by Crippen LogP contribution is -2.64. The molecular formula is C10H20N2O. The molecule has 1 aliphatic rings. The Labute approximate surface area is 80.5 Å². The van der Waals surface area contributed by atoms with Gasteiger partial charge in [-0.05, 0) is 27.7 Å². The lowest BCUT2D eigenvalue weighted by atomic mass is 9.97. The van der Waals surface area contributed by atoms with Crippen LogP contribution in [-0.2, 0) is 4.79 Å². The van der Waals surface area contributed by atoms with Crippen molar-refractivity contribution in [3.8, 4) is 0 Å². The topological polar surface area (TPSA) is 32.3 Å². The summed E-state index contributed by atoms with van der Waals surface area (Å²) in [7, 11) is 0. The predicted octanol–water partition coefficient (Wildman–Crippen LogP) is 0.992. The van der Waals surface area contributed by atoms with E-state index in [1.54, 1.807) is 6.92 Å². The van der Waals surface area contributed by atoms with Crippen LogP contribution in [0.25, 0.3) is 0 Å². The normalized spacial score (nSPS) is 40.5. The summed E-state index contributed by atoms with van der Waals surface area (Å²) < 4.78 is 0. The molecule has 1 N–H and O–H groups in total. The fourth-order valence-electron chi connectivity index (χ4n) is 2.12. The molecule has 13 heavy (non-hydrogen) atoms.